The van der Waals surface area contributed by atoms with Crippen molar-refractivity contribution < 1.29 is 28.2 Å². The lowest BCUT2D eigenvalue weighted by molar-refractivity contribution is -0.120. The van der Waals surface area contributed by atoms with E-state index in [9.17, 15) is 9.59 Å². The molecule has 9 heteroatoms. The summed E-state index contributed by atoms with van der Waals surface area (Å²) < 4.78 is 21.0. The van der Waals surface area contributed by atoms with Crippen LogP contribution in [0.3, 0.4) is 0 Å². The maximum absolute atomic E-state index is 12.1. The van der Waals surface area contributed by atoms with E-state index >= 15 is 0 Å². The van der Waals surface area contributed by atoms with Crippen molar-refractivity contribution in [1.29, 1.82) is 0 Å². The van der Waals surface area contributed by atoms with Gasteiger partial charge < -0.3 is 18.6 Å². The van der Waals surface area contributed by atoms with Gasteiger partial charge in [0.05, 0.1) is 30.3 Å². The molecule has 0 saturated heterocycles. The van der Waals surface area contributed by atoms with E-state index in [1.54, 1.807) is 48.5 Å². The largest absolute Gasteiger partial charge is 0.465 e. The van der Waals surface area contributed by atoms with Gasteiger partial charge >= 0.3 is 5.97 Å². The third kappa shape index (κ3) is 4.70. The van der Waals surface area contributed by atoms with Crippen molar-refractivity contribution in [2.24, 2.45) is 5.10 Å². The van der Waals surface area contributed by atoms with Gasteiger partial charge in [-0.2, -0.15) is 5.10 Å². The zero-order valence-electron chi connectivity index (χ0n) is 16.4. The predicted octanol–water partition coefficient (Wildman–Crippen LogP) is 3.81. The van der Waals surface area contributed by atoms with Crippen molar-refractivity contribution in [3.8, 4) is 22.8 Å². The molecule has 0 fully saturated rings. The molecule has 1 N–H and O–H groups in total. The molecule has 1 aromatic heterocycles. The molecule has 3 aromatic rings. The first-order chi connectivity index (χ1) is 15.0. The Kier molecular flexibility index (Phi) is 5.90. The van der Waals surface area contributed by atoms with Crippen molar-refractivity contribution in [2.75, 3.05) is 13.9 Å². The molecule has 31 heavy (non-hydrogen) atoms. The van der Waals surface area contributed by atoms with Gasteiger partial charge in [-0.05, 0) is 48.0 Å². The van der Waals surface area contributed by atoms with Crippen molar-refractivity contribution in [1.82, 2.24) is 5.43 Å². The monoisotopic (exact) mass is 440 g/mol. The number of rotatable bonds is 6. The second kappa shape index (κ2) is 8.93. The van der Waals surface area contributed by atoms with Gasteiger partial charge in [0.15, 0.2) is 11.5 Å². The number of carbonyl (C=O) groups excluding carboxylic acids is 2. The van der Waals surface area contributed by atoms with Crippen LogP contribution in [0.15, 0.2) is 58.0 Å². The number of carbonyl (C=O) groups is 2. The highest BCUT2D eigenvalue weighted by molar-refractivity contribution is 6.33. The van der Waals surface area contributed by atoms with Crippen LogP contribution in [0.5, 0.6) is 11.5 Å². The fourth-order valence-electron chi connectivity index (χ4n) is 2.97. The van der Waals surface area contributed by atoms with Gasteiger partial charge in [0.2, 0.25) is 12.7 Å². The maximum Gasteiger partial charge on any atom is 0.339 e. The minimum absolute atomic E-state index is 0.137. The Balaban J connectivity index is 1.37. The van der Waals surface area contributed by atoms with E-state index in [0.29, 0.717) is 28.6 Å². The van der Waals surface area contributed by atoms with Crippen molar-refractivity contribution in [3.05, 3.63) is 70.4 Å². The van der Waals surface area contributed by atoms with Gasteiger partial charge in [0, 0.05) is 5.56 Å². The van der Waals surface area contributed by atoms with Crippen LogP contribution in [0, 0.1) is 0 Å². The molecule has 0 radical (unpaired) electrons. The normalized spacial score (nSPS) is 12.2. The van der Waals surface area contributed by atoms with Crippen molar-refractivity contribution in [3.63, 3.8) is 0 Å². The summed E-state index contributed by atoms with van der Waals surface area (Å²) in [4.78, 5) is 23.9. The molecule has 1 amide bonds. The van der Waals surface area contributed by atoms with E-state index in [4.69, 9.17) is 30.2 Å². The van der Waals surface area contributed by atoms with Crippen molar-refractivity contribution in [2.45, 2.75) is 6.42 Å². The highest BCUT2D eigenvalue weighted by Crippen LogP contribution is 2.32. The van der Waals surface area contributed by atoms with Crippen LogP contribution >= 0.6 is 11.6 Å². The quantitative estimate of drug-likeness (QED) is 0.355. The summed E-state index contributed by atoms with van der Waals surface area (Å²) in [6.45, 7) is 0.181. The van der Waals surface area contributed by atoms with Crippen LogP contribution in [-0.2, 0) is 16.0 Å². The number of hydrogen-bond acceptors (Lipinski definition) is 7. The Bertz CT molecular complexity index is 1170. The van der Waals surface area contributed by atoms with Gasteiger partial charge in [-0.1, -0.05) is 17.7 Å². The number of nitrogens with one attached hydrogen (secondary N) is 1. The lowest BCUT2D eigenvalue weighted by atomic mass is 10.1. The average molecular weight is 441 g/mol. The van der Waals surface area contributed by atoms with Crippen LogP contribution in [0.1, 0.15) is 21.7 Å². The van der Waals surface area contributed by atoms with Crippen LogP contribution in [0.25, 0.3) is 11.3 Å². The zero-order chi connectivity index (χ0) is 21.8. The first-order valence-electron chi connectivity index (χ1n) is 9.22. The summed E-state index contributed by atoms with van der Waals surface area (Å²) in [5.41, 5.74) is 4.12. The summed E-state index contributed by atoms with van der Waals surface area (Å²) >= 11 is 6.04. The molecule has 1 aliphatic rings. The number of fused-ring (bicyclic) bond motifs is 1. The summed E-state index contributed by atoms with van der Waals surface area (Å²) in [5.74, 6) is 1.39. The Morgan fingerprint density at radius 2 is 1.97 bits per heavy atom. The molecule has 0 unspecified atom stereocenters. The Labute approximate surface area is 182 Å². The second-order valence-corrected chi connectivity index (χ2v) is 6.95. The van der Waals surface area contributed by atoms with E-state index in [1.165, 1.54) is 13.3 Å². The molecule has 0 bridgehead atoms. The van der Waals surface area contributed by atoms with E-state index in [0.717, 1.165) is 5.56 Å². The number of hydrazone groups is 1. The van der Waals surface area contributed by atoms with Gasteiger partial charge in [0.25, 0.3) is 0 Å². The lowest BCUT2D eigenvalue weighted by Crippen LogP contribution is -2.19. The van der Waals surface area contributed by atoms with Gasteiger partial charge in [-0.3, -0.25) is 4.79 Å². The first-order valence-corrected chi connectivity index (χ1v) is 9.60. The molecule has 2 heterocycles. The molecule has 158 valence electrons. The summed E-state index contributed by atoms with van der Waals surface area (Å²) in [6, 6.07) is 13.6. The number of benzene rings is 2. The molecule has 0 aliphatic carbocycles. The molecule has 0 saturated carbocycles. The summed E-state index contributed by atoms with van der Waals surface area (Å²) in [5, 5.41) is 4.21. The fraction of sp³-hybridized carbons (Fsp3) is 0.136. The number of nitrogens with zero attached hydrogens (tertiary/aromatic N) is 1. The van der Waals surface area contributed by atoms with E-state index in [1.807, 2.05) is 0 Å². The minimum Gasteiger partial charge on any atom is -0.465 e. The highest BCUT2D eigenvalue weighted by Gasteiger charge is 2.15. The maximum atomic E-state index is 12.1. The molecular formula is C22H17ClN2O6. The van der Waals surface area contributed by atoms with Crippen LogP contribution in [0.2, 0.25) is 5.02 Å². The standard InChI is InChI=1S/C22H17ClN2O6/c1-28-22(27)16-10-14(3-5-17(16)23)18-7-4-15(31-18)11-24-25-21(26)9-13-2-6-19-20(8-13)30-12-29-19/h2-8,10-11H,9,12H2,1H3,(H,25,26)/b24-11-. The van der Waals surface area contributed by atoms with Crippen LogP contribution in [0.4, 0.5) is 0 Å². The molecule has 1 aliphatic heterocycles. The lowest BCUT2D eigenvalue weighted by Gasteiger charge is -2.04. The number of ether oxygens (including phenoxy) is 3. The van der Waals surface area contributed by atoms with Crippen LogP contribution < -0.4 is 14.9 Å². The third-order valence-electron chi connectivity index (χ3n) is 4.47. The number of esters is 1. The number of hydrogen-bond donors (Lipinski definition) is 1. The van der Waals surface area contributed by atoms with Crippen molar-refractivity contribution >= 4 is 29.7 Å². The first kappa shape index (κ1) is 20.5. The predicted molar refractivity (Wildman–Crippen MR) is 112 cm³/mol. The topological polar surface area (TPSA) is 99.4 Å². The van der Waals surface area contributed by atoms with Gasteiger partial charge in [-0.25, -0.2) is 10.2 Å². The third-order valence-corrected chi connectivity index (χ3v) is 4.80. The number of amides is 1. The smallest absolute Gasteiger partial charge is 0.339 e. The molecule has 8 nitrogen and oxygen atoms in total. The number of methoxy groups -OCH3 is 1. The Morgan fingerprint density at radius 1 is 1.13 bits per heavy atom. The number of halogens is 1. The van der Waals surface area contributed by atoms with E-state index in [-0.39, 0.29) is 29.7 Å². The molecule has 4 rings (SSSR count). The number of furan rings is 1. The summed E-state index contributed by atoms with van der Waals surface area (Å²) in [7, 11) is 1.29. The molecular weight excluding hydrogens is 424 g/mol. The highest BCUT2D eigenvalue weighted by atomic mass is 35.5. The summed E-state index contributed by atoms with van der Waals surface area (Å²) in [6.07, 6.45) is 1.52. The Morgan fingerprint density at radius 3 is 2.81 bits per heavy atom. The average Bonchev–Trinajstić information content (AvgIpc) is 3.43. The van der Waals surface area contributed by atoms with Gasteiger partial charge in [-0.15, -0.1) is 0 Å². The SMILES string of the molecule is COC(=O)c1cc(-c2ccc(/C=N\NC(=O)Cc3ccc4c(c3)OCO4)o2)ccc1Cl. The van der Waals surface area contributed by atoms with E-state index in [2.05, 4.69) is 10.5 Å². The molecule has 0 spiro atoms. The fourth-order valence-corrected chi connectivity index (χ4v) is 3.16. The second-order valence-electron chi connectivity index (χ2n) is 6.55. The molecule has 0 atom stereocenters. The van der Waals surface area contributed by atoms with E-state index < -0.39 is 5.97 Å². The zero-order valence-corrected chi connectivity index (χ0v) is 17.1. The minimum atomic E-state index is -0.537. The van der Waals surface area contributed by atoms with Crippen LogP contribution in [-0.4, -0.2) is 32.0 Å². The molecule has 2 aromatic carbocycles. The van der Waals surface area contributed by atoms with Gasteiger partial charge in [0.1, 0.15) is 11.5 Å². The Hall–Kier alpha value is -3.78.